The molecule has 0 aromatic heterocycles. The first-order chi connectivity index (χ1) is 9.99. The maximum atomic E-state index is 12.5. The Kier molecular flexibility index (Phi) is 3.29. The largest absolute Gasteiger partial charge is 0.376 e. The molecule has 2 saturated heterocycles. The summed E-state index contributed by atoms with van der Waals surface area (Å²) in [5.41, 5.74) is 7.56. The van der Waals surface area contributed by atoms with Crippen LogP contribution in [0.3, 0.4) is 0 Å². The van der Waals surface area contributed by atoms with Gasteiger partial charge in [0.2, 0.25) is 0 Å². The van der Waals surface area contributed by atoms with Crippen LogP contribution < -0.4 is 16.0 Å². The quantitative estimate of drug-likeness (QED) is 0.640. The average Bonchev–Trinajstić information content (AvgIpc) is 2.98. The van der Waals surface area contributed by atoms with Crippen LogP contribution in [-0.2, 0) is 4.79 Å². The lowest BCUT2D eigenvalue weighted by Gasteiger charge is -2.19. The van der Waals surface area contributed by atoms with Crippen LogP contribution in [-0.4, -0.2) is 34.5 Å². The zero-order valence-corrected chi connectivity index (χ0v) is 12.4. The highest BCUT2D eigenvalue weighted by molar-refractivity contribution is 7.80. The smallest absolute Gasteiger partial charge is 0.332 e. The monoisotopic (exact) mass is 304 g/mol. The molecule has 2 fully saturated rings. The molecule has 2 aliphatic heterocycles. The molecule has 1 unspecified atom stereocenters. The summed E-state index contributed by atoms with van der Waals surface area (Å²) in [6.45, 7) is 2.51. The fraction of sp³-hybridized carbons (Fsp3) is 0.357. The lowest BCUT2D eigenvalue weighted by molar-refractivity contribution is -0.119. The number of nitrogens with zero attached hydrogens (tertiary/aromatic N) is 2. The normalized spacial score (nSPS) is 20.9. The fourth-order valence-corrected chi connectivity index (χ4v) is 3.03. The molecule has 110 valence electrons. The Bertz CT molecular complexity index is 624. The maximum Gasteiger partial charge on any atom is 0.332 e. The molecule has 1 aromatic carbocycles. The number of urea groups is 1. The van der Waals surface area contributed by atoms with Crippen LogP contribution in [0.5, 0.6) is 0 Å². The van der Waals surface area contributed by atoms with Crippen molar-refractivity contribution < 1.29 is 9.59 Å². The van der Waals surface area contributed by atoms with Crippen molar-refractivity contribution in [3.05, 3.63) is 23.8 Å². The van der Waals surface area contributed by atoms with Gasteiger partial charge in [-0.15, -0.1) is 0 Å². The van der Waals surface area contributed by atoms with Crippen molar-refractivity contribution in [2.75, 3.05) is 16.8 Å². The Morgan fingerprint density at radius 2 is 2.19 bits per heavy atom. The van der Waals surface area contributed by atoms with Gasteiger partial charge in [0.25, 0.3) is 5.91 Å². The second-order valence-corrected chi connectivity index (χ2v) is 5.74. The molecule has 7 heteroatoms. The van der Waals surface area contributed by atoms with Crippen molar-refractivity contribution in [3.63, 3.8) is 0 Å². The number of thiocarbonyl (C=S) groups is 1. The molecule has 1 atom stereocenters. The molecule has 21 heavy (non-hydrogen) atoms. The van der Waals surface area contributed by atoms with Gasteiger partial charge in [0.15, 0.2) is 5.11 Å². The Morgan fingerprint density at radius 3 is 2.86 bits per heavy atom. The van der Waals surface area contributed by atoms with Crippen LogP contribution in [0, 0.1) is 6.92 Å². The number of rotatable bonds is 2. The van der Waals surface area contributed by atoms with E-state index in [4.69, 9.17) is 18.0 Å². The first-order valence-electron chi connectivity index (χ1n) is 6.80. The summed E-state index contributed by atoms with van der Waals surface area (Å²) in [5, 5.41) is 2.97. The number of aryl methyl sites for hydroxylation is 1. The third kappa shape index (κ3) is 2.23. The van der Waals surface area contributed by atoms with Crippen molar-refractivity contribution in [3.8, 4) is 0 Å². The highest BCUT2D eigenvalue weighted by Crippen LogP contribution is 2.34. The Labute approximate surface area is 127 Å². The van der Waals surface area contributed by atoms with E-state index in [2.05, 4.69) is 5.32 Å². The molecule has 3 amide bonds. The minimum Gasteiger partial charge on any atom is -0.376 e. The van der Waals surface area contributed by atoms with Gasteiger partial charge in [-0.1, -0.05) is 6.07 Å². The van der Waals surface area contributed by atoms with Gasteiger partial charge in [0, 0.05) is 12.2 Å². The minimum absolute atomic E-state index is 0.143. The Morgan fingerprint density at radius 1 is 1.43 bits per heavy atom. The van der Waals surface area contributed by atoms with Crippen LogP contribution in [0.15, 0.2) is 18.2 Å². The average molecular weight is 304 g/mol. The number of nitrogens with one attached hydrogen (secondary N) is 1. The van der Waals surface area contributed by atoms with Crippen molar-refractivity contribution in [2.24, 2.45) is 5.73 Å². The van der Waals surface area contributed by atoms with Gasteiger partial charge in [-0.3, -0.25) is 4.79 Å². The molecule has 0 bridgehead atoms. The van der Waals surface area contributed by atoms with Gasteiger partial charge in [0.1, 0.15) is 6.04 Å². The zero-order chi connectivity index (χ0) is 15.1. The van der Waals surface area contributed by atoms with E-state index in [1.54, 1.807) is 11.0 Å². The van der Waals surface area contributed by atoms with Gasteiger partial charge in [-0.25, -0.2) is 9.69 Å². The van der Waals surface area contributed by atoms with E-state index in [-0.39, 0.29) is 23.1 Å². The molecule has 0 saturated carbocycles. The second kappa shape index (κ2) is 5.00. The van der Waals surface area contributed by atoms with E-state index in [1.807, 2.05) is 19.1 Å². The Hall–Kier alpha value is -2.15. The third-order valence-electron chi connectivity index (χ3n) is 3.91. The topological polar surface area (TPSA) is 78.7 Å². The van der Waals surface area contributed by atoms with Crippen LogP contribution in [0.4, 0.5) is 16.2 Å². The highest BCUT2D eigenvalue weighted by atomic mass is 32.1. The number of benzene rings is 1. The van der Waals surface area contributed by atoms with E-state index in [9.17, 15) is 9.59 Å². The zero-order valence-electron chi connectivity index (χ0n) is 11.6. The number of anilines is 2. The second-order valence-electron chi connectivity index (χ2n) is 5.30. The molecule has 0 aliphatic carbocycles. The summed E-state index contributed by atoms with van der Waals surface area (Å²) in [5.74, 6) is -0.145. The molecular weight excluding hydrogens is 288 g/mol. The van der Waals surface area contributed by atoms with E-state index in [0.717, 1.165) is 18.4 Å². The number of hydrogen-bond donors (Lipinski definition) is 2. The summed E-state index contributed by atoms with van der Waals surface area (Å²) in [7, 11) is 0. The van der Waals surface area contributed by atoms with Crippen molar-refractivity contribution in [2.45, 2.75) is 25.8 Å². The van der Waals surface area contributed by atoms with Gasteiger partial charge in [0.05, 0.1) is 5.69 Å². The number of imide groups is 1. The molecule has 1 aromatic rings. The van der Waals surface area contributed by atoms with E-state index < -0.39 is 0 Å². The first kappa shape index (κ1) is 13.8. The minimum atomic E-state index is -0.302. The number of hydrogen-bond acceptors (Lipinski definition) is 3. The molecule has 3 rings (SSSR count). The number of carbonyl (C=O) groups excluding carboxylic acids is 2. The summed E-state index contributed by atoms with van der Waals surface area (Å²) in [6.07, 6.45) is 1.63. The van der Waals surface area contributed by atoms with Crippen molar-refractivity contribution in [1.29, 1.82) is 0 Å². The number of fused-ring (bicyclic) bond motifs is 1. The van der Waals surface area contributed by atoms with Crippen molar-refractivity contribution in [1.82, 2.24) is 4.90 Å². The SMILES string of the molecule is Cc1ccc(NC(N)=S)cc1N1C(=O)C2CCCN2C1=O. The molecule has 3 N–H and O–H groups in total. The number of amides is 3. The summed E-state index contributed by atoms with van der Waals surface area (Å²) < 4.78 is 0. The fourth-order valence-electron chi connectivity index (χ4n) is 2.92. The molecule has 0 radical (unpaired) electrons. The van der Waals surface area contributed by atoms with E-state index in [1.165, 1.54) is 4.90 Å². The predicted octanol–water partition coefficient (Wildman–Crippen LogP) is 1.58. The van der Waals surface area contributed by atoms with Gasteiger partial charge >= 0.3 is 6.03 Å². The molecule has 0 spiro atoms. The van der Waals surface area contributed by atoms with E-state index in [0.29, 0.717) is 17.9 Å². The van der Waals surface area contributed by atoms with E-state index >= 15 is 0 Å². The summed E-state index contributed by atoms with van der Waals surface area (Å²) >= 11 is 4.81. The third-order valence-corrected chi connectivity index (χ3v) is 4.01. The van der Waals surface area contributed by atoms with Crippen LogP contribution in [0.2, 0.25) is 0 Å². The molecule has 2 heterocycles. The Balaban J connectivity index is 1.98. The van der Waals surface area contributed by atoms with Crippen LogP contribution in [0.1, 0.15) is 18.4 Å². The van der Waals surface area contributed by atoms with Gasteiger partial charge in [-0.2, -0.15) is 0 Å². The summed E-state index contributed by atoms with van der Waals surface area (Å²) in [4.78, 5) is 27.8. The van der Waals surface area contributed by atoms with Gasteiger partial charge < -0.3 is 16.0 Å². The van der Waals surface area contributed by atoms with Crippen molar-refractivity contribution >= 4 is 40.6 Å². The molecule has 6 nitrogen and oxygen atoms in total. The first-order valence-corrected chi connectivity index (χ1v) is 7.21. The maximum absolute atomic E-state index is 12.5. The molecular formula is C14H16N4O2S. The summed E-state index contributed by atoms with van der Waals surface area (Å²) in [6, 6.07) is 4.83. The lowest BCUT2D eigenvalue weighted by atomic mass is 10.1. The van der Waals surface area contributed by atoms with Crippen LogP contribution in [0.25, 0.3) is 0 Å². The number of nitrogens with two attached hydrogens (primary N) is 1. The van der Waals surface area contributed by atoms with Crippen LogP contribution >= 0.6 is 12.2 Å². The molecule has 2 aliphatic rings. The van der Waals surface area contributed by atoms with Gasteiger partial charge in [-0.05, 0) is 49.7 Å². The lowest BCUT2D eigenvalue weighted by Crippen LogP contribution is -2.33. The highest BCUT2D eigenvalue weighted by Gasteiger charge is 2.48. The standard InChI is InChI=1S/C14H16N4O2S/c1-8-4-5-9(16-13(15)21)7-11(8)18-12(19)10-3-2-6-17(10)14(18)20/h4-5,7,10H,2-3,6H2,1H3,(H3,15,16,21). The predicted molar refractivity (Wildman–Crippen MR) is 84.2 cm³/mol. The number of carbonyl (C=O) groups is 2.